The summed E-state index contributed by atoms with van der Waals surface area (Å²) >= 11 is 0. The number of rotatable bonds is 6. The summed E-state index contributed by atoms with van der Waals surface area (Å²) in [6.45, 7) is 3.67. The van der Waals surface area contributed by atoms with E-state index in [0.29, 0.717) is 5.69 Å². The number of sulfonamides is 1. The third-order valence-corrected chi connectivity index (χ3v) is 4.72. The van der Waals surface area contributed by atoms with Crippen molar-refractivity contribution in [2.45, 2.75) is 20.3 Å². The number of esters is 1. The number of hydrogen-bond donors (Lipinski definition) is 1. The molecular formula is C13H19NO5S. The van der Waals surface area contributed by atoms with Gasteiger partial charge in [-0.25, -0.2) is 8.42 Å². The maximum atomic E-state index is 12.3. The van der Waals surface area contributed by atoms with Crippen LogP contribution in [0.2, 0.25) is 0 Å². The third-order valence-electron chi connectivity index (χ3n) is 2.88. The number of hydrogen-bond acceptors (Lipinski definition) is 5. The first-order valence-corrected chi connectivity index (χ1v) is 7.79. The maximum absolute atomic E-state index is 12.3. The van der Waals surface area contributed by atoms with Gasteiger partial charge in [0.2, 0.25) is 10.0 Å². The minimum Gasteiger partial charge on any atom is -0.508 e. The van der Waals surface area contributed by atoms with Gasteiger partial charge in [-0.2, -0.15) is 0 Å². The van der Waals surface area contributed by atoms with Gasteiger partial charge in [0.1, 0.15) is 5.75 Å². The molecule has 7 heteroatoms. The van der Waals surface area contributed by atoms with Crippen molar-refractivity contribution >= 4 is 21.7 Å². The summed E-state index contributed by atoms with van der Waals surface area (Å²) < 4.78 is 30.2. The number of aryl methyl sites for hydroxylation is 1. The van der Waals surface area contributed by atoms with Crippen LogP contribution in [0.1, 0.15) is 18.9 Å². The fraction of sp³-hybridized carbons (Fsp3) is 0.462. The minimum atomic E-state index is -3.65. The number of nitrogens with zero attached hydrogens (tertiary/aromatic N) is 1. The number of phenols is 1. The zero-order valence-corrected chi connectivity index (χ0v) is 12.6. The molecule has 1 aromatic rings. The van der Waals surface area contributed by atoms with Gasteiger partial charge < -0.3 is 9.84 Å². The van der Waals surface area contributed by atoms with E-state index in [2.05, 4.69) is 4.74 Å². The van der Waals surface area contributed by atoms with Crippen molar-refractivity contribution in [3.63, 3.8) is 0 Å². The summed E-state index contributed by atoms with van der Waals surface area (Å²) in [7, 11) is -2.43. The van der Waals surface area contributed by atoms with Crippen LogP contribution in [-0.4, -0.2) is 38.9 Å². The molecule has 1 rings (SSSR count). The van der Waals surface area contributed by atoms with Gasteiger partial charge >= 0.3 is 5.97 Å². The van der Waals surface area contributed by atoms with Crippen molar-refractivity contribution in [3.8, 4) is 5.75 Å². The van der Waals surface area contributed by atoms with Crippen LogP contribution in [-0.2, 0) is 19.6 Å². The largest absolute Gasteiger partial charge is 0.508 e. The number of carbonyl (C=O) groups excluding carboxylic acids is 1. The fourth-order valence-electron chi connectivity index (χ4n) is 1.81. The van der Waals surface area contributed by atoms with E-state index in [1.807, 2.05) is 0 Å². The standard InChI is InChI=1S/C13H19NO5S/c1-4-14(12-9-11(15)6-5-10(12)2)20(17,18)8-7-13(16)19-3/h5-6,9,15H,4,7-8H2,1-3H3. The van der Waals surface area contributed by atoms with E-state index in [9.17, 15) is 18.3 Å². The Morgan fingerprint density at radius 1 is 1.40 bits per heavy atom. The number of aromatic hydroxyl groups is 1. The molecule has 0 aliphatic rings. The lowest BCUT2D eigenvalue weighted by Gasteiger charge is -2.24. The van der Waals surface area contributed by atoms with Crippen LogP contribution in [0.3, 0.4) is 0 Å². The average molecular weight is 301 g/mol. The Kier molecular flexibility index (Phi) is 5.38. The second-order valence-corrected chi connectivity index (χ2v) is 6.29. The monoisotopic (exact) mass is 301 g/mol. The van der Waals surface area contributed by atoms with E-state index in [-0.39, 0.29) is 24.5 Å². The van der Waals surface area contributed by atoms with E-state index in [1.54, 1.807) is 19.9 Å². The summed E-state index contributed by atoms with van der Waals surface area (Å²) in [6, 6.07) is 4.53. The van der Waals surface area contributed by atoms with Gasteiger partial charge in [-0.05, 0) is 25.5 Å². The van der Waals surface area contributed by atoms with Crippen LogP contribution in [0.4, 0.5) is 5.69 Å². The highest BCUT2D eigenvalue weighted by molar-refractivity contribution is 7.92. The lowest BCUT2D eigenvalue weighted by molar-refractivity contribution is -0.140. The lowest BCUT2D eigenvalue weighted by atomic mass is 10.2. The molecule has 0 radical (unpaired) electrons. The number of methoxy groups -OCH3 is 1. The van der Waals surface area contributed by atoms with Crippen molar-refractivity contribution in [2.24, 2.45) is 0 Å². The molecule has 0 heterocycles. The highest BCUT2D eigenvalue weighted by atomic mass is 32.2. The molecular weight excluding hydrogens is 282 g/mol. The molecule has 0 saturated heterocycles. The van der Waals surface area contributed by atoms with Crippen LogP contribution in [0.25, 0.3) is 0 Å². The molecule has 6 nitrogen and oxygen atoms in total. The van der Waals surface area contributed by atoms with E-state index in [0.717, 1.165) is 5.56 Å². The molecule has 0 spiro atoms. The number of ether oxygens (including phenoxy) is 1. The highest BCUT2D eigenvalue weighted by Gasteiger charge is 2.23. The molecule has 0 aliphatic heterocycles. The minimum absolute atomic E-state index is 0.00721. The highest BCUT2D eigenvalue weighted by Crippen LogP contribution is 2.27. The van der Waals surface area contributed by atoms with Gasteiger partial charge in [-0.3, -0.25) is 9.10 Å². The number of phenolic OH excluding ortho intramolecular Hbond substituents is 1. The molecule has 0 bridgehead atoms. The molecule has 0 amide bonds. The van der Waals surface area contributed by atoms with Crippen molar-refractivity contribution in [1.29, 1.82) is 0 Å². The van der Waals surface area contributed by atoms with Gasteiger partial charge in [0.25, 0.3) is 0 Å². The van der Waals surface area contributed by atoms with Crippen molar-refractivity contribution in [3.05, 3.63) is 23.8 Å². The first-order valence-electron chi connectivity index (χ1n) is 6.18. The van der Waals surface area contributed by atoms with Crippen LogP contribution >= 0.6 is 0 Å². The maximum Gasteiger partial charge on any atom is 0.306 e. The Morgan fingerprint density at radius 3 is 2.60 bits per heavy atom. The number of anilines is 1. The zero-order valence-electron chi connectivity index (χ0n) is 11.8. The number of benzene rings is 1. The Morgan fingerprint density at radius 2 is 2.05 bits per heavy atom. The topological polar surface area (TPSA) is 83.9 Å². The molecule has 0 atom stereocenters. The van der Waals surface area contributed by atoms with Crippen LogP contribution in [0.15, 0.2) is 18.2 Å². The van der Waals surface area contributed by atoms with Crippen LogP contribution < -0.4 is 4.31 Å². The Bertz CT molecular complexity index is 582. The smallest absolute Gasteiger partial charge is 0.306 e. The molecule has 0 saturated carbocycles. The lowest BCUT2D eigenvalue weighted by Crippen LogP contribution is -2.34. The second-order valence-electron chi connectivity index (χ2n) is 4.28. The zero-order chi connectivity index (χ0) is 15.3. The Balaban J connectivity index is 3.05. The van der Waals surface area contributed by atoms with Crippen LogP contribution in [0.5, 0.6) is 5.75 Å². The van der Waals surface area contributed by atoms with Gasteiger partial charge in [0, 0.05) is 12.6 Å². The van der Waals surface area contributed by atoms with E-state index < -0.39 is 16.0 Å². The SMILES string of the molecule is CCN(c1cc(O)ccc1C)S(=O)(=O)CCC(=O)OC. The molecule has 1 aromatic carbocycles. The molecule has 0 fully saturated rings. The Labute approximate surface area is 119 Å². The normalized spacial score (nSPS) is 11.2. The van der Waals surface area contributed by atoms with E-state index in [1.165, 1.54) is 23.5 Å². The van der Waals surface area contributed by atoms with Gasteiger partial charge in [-0.1, -0.05) is 6.07 Å². The predicted octanol–water partition coefficient (Wildman–Crippen LogP) is 1.42. The van der Waals surface area contributed by atoms with Crippen molar-refractivity contribution in [2.75, 3.05) is 23.7 Å². The molecule has 1 N–H and O–H groups in total. The molecule has 0 aromatic heterocycles. The molecule has 20 heavy (non-hydrogen) atoms. The first kappa shape index (κ1) is 16.3. The number of carbonyl (C=O) groups is 1. The molecule has 112 valence electrons. The van der Waals surface area contributed by atoms with Gasteiger partial charge in [0.15, 0.2) is 0 Å². The van der Waals surface area contributed by atoms with Crippen LogP contribution in [0, 0.1) is 6.92 Å². The van der Waals surface area contributed by atoms with Crippen molar-refractivity contribution < 1.29 is 23.1 Å². The second kappa shape index (κ2) is 6.60. The Hall–Kier alpha value is -1.76. The van der Waals surface area contributed by atoms with E-state index >= 15 is 0 Å². The fourth-order valence-corrected chi connectivity index (χ4v) is 3.34. The molecule has 0 aliphatic carbocycles. The summed E-state index contributed by atoms with van der Waals surface area (Å²) in [4.78, 5) is 11.1. The summed E-state index contributed by atoms with van der Waals surface area (Å²) in [5.41, 5.74) is 1.14. The molecule has 0 unspecified atom stereocenters. The van der Waals surface area contributed by atoms with Crippen molar-refractivity contribution in [1.82, 2.24) is 0 Å². The van der Waals surface area contributed by atoms with Gasteiger partial charge in [0.05, 0.1) is 25.0 Å². The summed E-state index contributed by atoms with van der Waals surface area (Å²) in [6.07, 6.45) is -0.201. The third kappa shape index (κ3) is 3.86. The quantitative estimate of drug-likeness (QED) is 0.803. The van der Waals surface area contributed by atoms with Gasteiger partial charge in [-0.15, -0.1) is 0 Å². The van der Waals surface area contributed by atoms with E-state index in [4.69, 9.17) is 0 Å². The predicted molar refractivity (Wildman–Crippen MR) is 76.3 cm³/mol. The summed E-state index contributed by atoms with van der Waals surface area (Å²) in [5.74, 6) is -0.910. The first-order chi connectivity index (χ1) is 9.31. The average Bonchev–Trinajstić information content (AvgIpc) is 2.40. The summed E-state index contributed by atoms with van der Waals surface area (Å²) in [5, 5.41) is 9.51.